The third kappa shape index (κ3) is 6.50. The second-order valence-electron chi connectivity index (χ2n) is 10.00. The molecular weight excluding hydrogens is 475 g/mol. The molecule has 1 aliphatic heterocycles. The van der Waals surface area contributed by atoms with Crippen LogP contribution in [0.5, 0.6) is 0 Å². The molecule has 3 heterocycles. The van der Waals surface area contributed by atoms with Crippen LogP contribution < -0.4 is 10.6 Å². The van der Waals surface area contributed by atoms with Crippen LogP contribution in [0.1, 0.15) is 50.9 Å². The largest absolute Gasteiger partial charge is 0.471 e. The number of nitrogens with one attached hydrogen (secondary N) is 2. The molecule has 2 aromatic heterocycles. The molecule has 36 heavy (non-hydrogen) atoms. The Morgan fingerprint density at radius 2 is 1.89 bits per heavy atom. The summed E-state index contributed by atoms with van der Waals surface area (Å²) in [4.78, 5) is 48.1. The number of carbonyl (C=O) groups is 3. The highest BCUT2D eigenvalue weighted by atomic mass is 19.4. The molecule has 3 amide bonds. The summed E-state index contributed by atoms with van der Waals surface area (Å²) in [5, 5.41) is 5.37. The first-order chi connectivity index (χ1) is 16.9. The van der Waals surface area contributed by atoms with Gasteiger partial charge < -0.3 is 15.5 Å². The van der Waals surface area contributed by atoms with Crippen molar-refractivity contribution in [2.45, 2.75) is 58.8 Å². The molecule has 3 atom stereocenters. The van der Waals surface area contributed by atoms with Crippen LogP contribution >= 0.6 is 0 Å². The smallest absolute Gasteiger partial charge is 0.350 e. The zero-order valence-corrected chi connectivity index (χ0v) is 20.8. The number of fused-ring (bicyclic) bond motifs is 1. The highest BCUT2D eigenvalue weighted by Crippen LogP contribution is 2.27. The van der Waals surface area contributed by atoms with Crippen LogP contribution in [-0.4, -0.2) is 63.9 Å². The number of rotatable bonds is 7. The van der Waals surface area contributed by atoms with Gasteiger partial charge in [-0.15, -0.1) is 0 Å². The van der Waals surface area contributed by atoms with E-state index in [1.165, 1.54) is 6.20 Å². The Morgan fingerprint density at radius 3 is 2.53 bits per heavy atom. The topological polar surface area (TPSA) is 104 Å². The quantitative estimate of drug-likeness (QED) is 0.598. The van der Waals surface area contributed by atoms with E-state index in [1.54, 1.807) is 37.2 Å². The Labute approximate surface area is 208 Å². The summed E-state index contributed by atoms with van der Waals surface area (Å²) >= 11 is 0. The average molecular weight is 508 g/mol. The van der Waals surface area contributed by atoms with E-state index in [2.05, 4.69) is 15.3 Å². The maximum Gasteiger partial charge on any atom is 0.471 e. The summed E-state index contributed by atoms with van der Waals surface area (Å²) in [6, 6.07) is 1.71. The Balaban J connectivity index is 1.81. The molecule has 0 aromatic carbocycles. The van der Waals surface area contributed by atoms with Crippen LogP contribution in [0.2, 0.25) is 0 Å². The lowest BCUT2D eigenvalue weighted by atomic mass is 9.84. The lowest BCUT2D eigenvalue weighted by Crippen LogP contribution is -2.59. The number of carbonyl (C=O) groups excluding carboxylic acids is 3. The number of piperidine rings is 1. The van der Waals surface area contributed by atoms with Gasteiger partial charge in [-0.1, -0.05) is 27.7 Å². The Morgan fingerprint density at radius 1 is 1.17 bits per heavy atom. The molecule has 0 aliphatic carbocycles. The van der Waals surface area contributed by atoms with Crippen LogP contribution in [0.25, 0.3) is 10.9 Å². The van der Waals surface area contributed by atoms with Crippen molar-refractivity contribution in [1.29, 1.82) is 0 Å². The summed E-state index contributed by atoms with van der Waals surface area (Å²) in [7, 11) is 0. The molecule has 0 saturated carbocycles. The molecule has 1 fully saturated rings. The van der Waals surface area contributed by atoms with Crippen molar-refractivity contribution < 1.29 is 27.6 Å². The summed E-state index contributed by atoms with van der Waals surface area (Å²) in [6.07, 6.45) is 0.971. The van der Waals surface area contributed by atoms with Crippen molar-refractivity contribution in [3.63, 3.8) is 0 Å². The monoisotopic (exact) mass is 507 g/mol. The van der Waals surface area contributed by atoms with Crippen molar-refractivity contribution in [3.8, 4) is 0 Å². The minimum absolute atomic E-state index is 0.0212. The van der Waals surface area contributed by atoms with E-state index in [9.17, 15) is 27.6 Å². The van der Waals surface area contributed by atoms with Crippen molar-refractivity contribution >= 4 is 28.6 Å². The third-order valence-electron chi connectivity index (χ3n) is 6.38. The zero-order valence-electron chi connectivity index (χ0n) is 20.8. The second kappa shape index (κ2) is 11.2. The van der Waals surface area contributed by atoms with E-state index >= 15 is 0 Å². The van der Waals surface area contributed by atoms with Crippen LogP contribution in [0.4, 0.5) is 13.2 Å². The Kier molecular flexibility index (Phi) is 8.52. The molecule has 0 spiro atoms. The Bertz CT molecular complexity index is 1100. The van der Waals surface area contributed by atoms with E-state index in [4.69, 9.17) is 0 Å². The summed E-state index contributed by atoms with van der Waals surface area (Å²) < 4.78 is 38.4. The SMILES string of the molecule is CC(C)C[C@@H]1CCN(C(=O)c2cncc3cccnc23)C[C@H]1NC(=O)[C@H](NC(=O)C(F)(F)F)C(C)C. The molecule has 3 rings (SSSR count). The number of hydrogen-bond donors (Lipinski definition) is 2. The van der Waals surface area contributed by atoms with Gasteiger partial charge in [0.25, 0.3) is 5.91 Å². The highest BCUT2D eigenvalue weighted by molar-refractivity contribution is 6.05. The maximum absolute atomic E-state index is 13.4. The predicted octanol–water partition coefficient (Wildman–Crippen LogP) is 3.33. The van der Waals surface area contributed by atoms with Gasteiger partial charge in [-0.25, -0.2) is 0 Å². The van der Waals surface area contributed by atoms with Crippen LogP contribution in [0.3, 0.4) is 0 Å². The van der Waals surface area contributed by atoms with Gasteiger partial charge in [0.05, 0.1) is 11.1 Å². The fourth-order valence-corrected chi connectivity index (χ4v) is 4.59. The number of aromatic nitrogens is 2. The molecular formula is C25H32F3N5O3. The van der Waals surface area contributed by atoms with Crippen molar-refractivity contribution in [2.75, 3.05) is 13.1 Å². The number of alkyl halides is 3. The van der Waals surface area contributed by atoms with Crippen LogP contribution in [0.15, 0.2) is 30.7 Å². The van der Waals surface area contributed by atoms with Crippen molar-refractivity contribution in [3.05, 3.63) is 36.3 Å². The van der Waals surface area contributed by atoms with Gasteiger partial charge in [0.15, 0.2) is 0 Å². The molecule has 8 nitrogen and oxygen atoms in total. The number of pyridine rings is 2. The van der Waals surface area contributed by atoms with Gasteiger partial charge in [0.1, 0.15) is 6.04 Å². The number of likely N-dealkylation sites (tertiary alicyclic amines) is 1. The zero-order chi connectivity index (χ0) is 26.6. The molecule has 0 bridgehead atoms. The lowest BCUT2D eigenvalue weighted by molar-refractivity contribution is -0.175. The van der Waals surface area contributed by atoms with Gasteiger partial charge in [0, 0.05) is 43.1 Å². The molecule has 2 aromatic rings. The first-order valence-electron chi connectivity index (χ1n) is 12.0. The van der Waals surface area contributed by atoms with E-state index in [0.717, 1.165) is 11.8 Å². The predicted molar refractivity (Wildman–Crippen MR) is 128 cm³/mol. The molecule has 196 valence electrons. The number of hydrogen-bond acceptors (Lipinski definition) is 5. The van der Waals surface area contributed by atoms with Gasteiger partial charge in [-0.05, 0) is 42.7 Å². The van der Waals surface area contributed by atoms with Gasteiger partial charge >= 0.3 is 12.1 Å². The van der Waals surface area contributed by atoms with Gasteiger partial charge in [-0.2, -0.15) is 13.2 Å². The maximum atomic E-state index is 13.4. The van der Waals surface area contributed by atoms with E-state index in [-0.39, 0.29) is 18.4 Å². The van der Waals surface area contributed by atoms with Crippen LogP contribution in [-0.2, 0) is 9.59 Å². The number of amides is 3. The number of nitrogens with zero attached hydrogens (tertiary/aromatic N) is 3. The lowest BCUT2D eigenvalue weighted by Gasteiger charge is -2.40. The summed E-state index contributed by atoms with van der Waals surface area (Å²) in [5.41, 5.74) is 0.870. The van der Waals surface area contributed by atoms with Crippen molar-refractivity contribution in [2.24, 2.45) is 17.8 Å². The molecule has 11 heteroatoms. The molecule has 1 saturated heterocycles. The van der Waals surface area contributed by atoms with Crippen LogP contribution in [0, 0.1) is 17.8 Å². The van der Waals surface area contributed by atoms with Gasteiger partial charge in [-0.3, -0.25) is 24.4 Å². The molecule has 0 radical (unpaired) electrons. The summed E-state index contributed by atoms with van der Waals surface area (Å²) in [5.74, 6) is -3.38. The standard InChI is InChI=1S/C25H32F3N5O3/c1-14(2)10-16-7-9-33(23(35)18-12-29-11-17-6-5-8-30-21(17)18)13-19(16)31-22(34)20(15(3)4)32-24(36)25(26,27)28/h5-6,8,11-12,14-16,19-20H,7,9-10,13H2,1-4H3,(H,31,34)(H,32,36)/t16-,19+,20+/m0/s1. The first-order valence-corrected chi connectivity index (χ1v) is 12.0. The molecule has 1 aliphatic rings. The molecule has 2 N–H and O–H groups in total. The molecule has 0 unspecified atom stereocenters. The first kappa shape index (κ1) is 27.3. The third-order valence-corrected chi connectivity index (χ3v) is 6.38. The fraction of sp³-hybridized carbons (Fsp3) is 0.560. The van der Waals surface area contributed by atoms with E-state index < -0.39 is 36.0 Å². The minimum atomic E-state index is -5.10. The summed E-state index contributed by atoms with van der Waals surface area (Å²) in [6.45, 7) is 7.86. The minimum Gasteiger partial charge on any atom is -0.350 e. The van der Waals surface area contributed by atoms with E-state index in [1.807, 2.05) is 25.2 Å². The van der Waals surface area contributed by atoms with Gasteiger partial charge in [0.2, 0.25) is 5.91 Å². The fourth-order valence-electron chi connectivity index (χ4n) is 4.59. The average Bonchev–Trinajstić information content (AvgIpc) is 2.81. The Hall–Kier alpha value is -3.24. The normalized spacial score (nSPS) is 19.4. The van der Waals surface area contributed by atoms with Crippen molar-refractivity contribution in [1.82, 2.24) is 25.5 Å². The number of halogens is 3. The second-order valence-corrected chi connectivity index (χ2v) is 10.00. The highest BCUT2D eigenvalue weighted by Gasteiger charge is 2.42. The van der Waals surface area contributed by atoms with E-state index in [0.29, 0.717) is 30.0 Å².